The Morgan fingerprint density at radius 1 is 1.03 bits per heavy atom. The average molecular weight is 450 g/mol. The molecule has 0 bridgehead atoms. The van der Waals surface area contributed by atoms with Gasteiger partial charge in [-0.25, -0.2) is 0 Å². The van der Waals surface area contributed by atoms with E-state index in [9.17, 15) is 0 Å². The Morgan fingerprint density at radius 2 is 1.79 bits per heavy atom. The van der Waals surface area contributed by atoms with Gasteiger partial charge in [0.05, 0.1) is 17.8 Å². The van der Waals surface area contributed by atoms with Crippen molar-refractivity contribution in [2.75, 3.05) is 6.61 Å². The van der Waals surface area contributed by atoms with Crippen LogP contribution in [0.25, 0.3) is 11.1 Å². The predicted octanol–water partition coefficient (Wildman–Crippen LogP) is 6.21. The van der Waals surface area contributed by atoms with Crippen LogP contribution in [0.2, 0.25) is 0 Å². The molecule has 2 saturated heterocycles. The highest BCUT2D eigenvalue weighted by Gasteiger charge is 2.52. The summed E-state index contributed by atoms with van der Waals surface area (Å²) in [5.74, 6) is 0.818. The summed E-state index contributed by atoms with van der Waals surface area (Å²) in [6.07, 6.45) is 6.32. The van der Waals surface area contributed by atoms with Crippen LogP contribution in [-0.4, -0.2) is 31.2 Å². The van der Waals surface area contributed by atoms with Crippen molar-refractivity contribution >= 4 is 12.6 Å². The van der Waals surface area contributed by atoms with E-state index in [1.165, 1.54) is 18.4 Å². The molecule has 2 aromatic rings. The van der Waals surface area contributed by atoms with Gasteiger partial charge in [-0.2, -0.15) is 0 Å². The second kappa shape index (κ2) is 9.81. The molecule has 0 radical (unpaired) electrons. The Morgan fingerprint density at radius 3 is 2.45 bits per heavy atom. The zero-order valence-electron chi connectivity index (χ0n) is 21.2. The van der Waals surface area contributed by atoms with E-state index in [1.54, 1.807) is 0 Å². The predicted molar refractivity (Wildman–Crippen MR) is 135 cm³/mol. The van der Waals surface area contributed by atoms with Crippen LogP contribution in [0, 0.1) is 6.92 Å². The van der Waals surface area contributed by atoms with Gasteiger partial charge in [0.25, 0.3) is 0 Å². The van der Waals surface area contributed by atoms with Gasteiger partial charge in [0.15, 0.2) is 6.29 Å². The summed E-state index contributed by atoms with van der Waals surface area (Å²) in [5, 5.41) is 0. The first kappa shape index (κ1) is 24.3. The summed E-state index contributed by atoms with van der Waals surface area (Å²) in [6.45, 7) is 13.5. The van der Waals surface area contributed by atoms with Crippen LogP contribution in [0.1, 0.15) is 77.8 Å². The fourth-order valence-electron chi connectivity index (χ4n) is 4.50. The maximum Gasteiger partial charge on any atom is 0.498 e. The molecule has 2 aliphatic rings. The van der Waals surface area contributed by atoms with Crippen LogP contribution in [-0.2, 0) is 20.5 Å². The number of ether oxygens (including phenoxy) is 2. The molecule has 2 heterocycles. The highest BCUT2D eigenvalue weighted by atomic mass is 16.7. The number of aryl methyl sites for hydroxylation is 2. The molecule has 1 atom stereocenters. The van der Waals surface area contributed by atoms with Crippen LogP contribution >= 0.6 is 0 Å². The van der Waals surface area contributed by atoms with E-state index in [1.807, 2.05) is 0 Å². The van der Waals surface area contributed by atoms with E-state index in [0.29, 0.717) is 0 Å². The van der Waals surface area contributed by atoms with Crippen LogP contribution in [0.4, 0.5) is 0 Å². The molecular weight excluding hydrogens is 411 g/mol. The summed E-state index contributed by atoms with van der Waals surface area (Å²) in [7, 11) is -0.490. The third-order valence-corrected chi connectivity index (χ3v) is 7.21. The lowest BCUT2D eigenvalue weighted by Crippen LogP contribution is -2.41. The lowest BCUT2D eigenvalue weighted by Gasteiger charge is -2.32. The summed E-state index contributed by atoms with van der Waals surface area (Å²) in [4.78, 5) is 0. The summed E-state index contributed by atoms with van der Waals surface area (Å²) >= 11 is 0. The Bertz CT molecular complexity index is 946. The molecule has 1 unspecified atom stereocenters. The molecule has 0 spiro atoms. The molecule has 2 aliphatic heterocycles. The monoisotopic (exact) mass is 450 g/mol. The zero-order valence-corrected chi connectivity index (χ0v) is 21.2. The molecule has 178 valence electrons. The van der Waals surface area contributed by atoms with Gasteiger partial charge in [0.1, 0.15) is 5.75 Å². The van der Waals surface area contributed by atoms with E-state index in [2.05, 4.69) is 77.9 Å². The van der Waals surface area contributed by atoms with Crippen molar-refractivity contribution in [2.45, 2.75) is 97.6 Å². The number of hydrogen-bond donors (Lipinski definition) is 0. The van der Waals surface area contributed by atoms with Crippen LogP contribution in [0.15, 0.2) is 36.4 Å². The molecule has 2 aromatic carbocycles. The minimum absolute atomic E-state index is 0.246. The van der Waals surface area contributed by atoms with E-state index in [4.69, 9.17) is 18.8 Å². The number of unbranched alkanes of at least 4 members (excludes halogenated alkanes) is 1. The van der Waals surface area contributed by atoms with Crippen molar-refractivity contribution in [2.24, 2.45) is 0 Å². The largest absolute Gasteiger partial charge is 0.498 e. The van der Waals surface area contributed by atoms with Gasteiger partial charge in [-0.3, -0.25) is 0 Å². The topological polar surface area (TPSA) is 36.9 Å². The molecule has 0 saturated carbocycles. The highest BCUT2D eigenvalue weighted by Crippen LogP contribution is 2.39. The second-order valence-corrected chi connectivity index (χ2v) is 10.5. The fraction of sp³-hybridized carbons (Fsp3) is 0.571. The molecule has 0 aromatic heterocycles. The maximum absolute atomic E-state index is 6.61. The maximum atomic E-state index is 6.61. The summed E-state index contributed by atoms with van der Waals surface area (Å²) in [6, 6.07) is 13.2. The van der Waals surface area contributed by atoms with Crippen LogP contribution < -0.4 is 10.2 Å². The van der Waals surface area contributed by atoms with Crippen molar-refractivity contribution in [3.8, 4) is 16.9 Å². The number of benzene rings is 2. The first-order chi connectivity index (χ1) is 15.7. The number of rotatable bonds is 7. The molecular formula is C28H39BO4. The van der Waals surface area contributed by atoms with E-state index >= 15 is 0 Å². The van der Waals surface area contributed by atoms with E-state index in [0.717, 1.165) is 60.2 Å². The standard InChI is InChI=1S/C28H39BO4/c1-7-8-12-21-13-11-14-22(19-21)23-17-20(2)18-24(26(23)31-25-15-9-10-16-30-25)29-32-27(3,4)28(5,6)33-29/h11,13-14,17-19,25H,7-10,12,15-16H2,1-6H3. The third-order valence-electron chi connectivity index (χ3n) is 7.21. The Hall–Kier alpha value is -1.82. The normalized spacial score (nSPS) is 21.9. The first-order valence-corrected chi connectivity index (χ1v) is 12.6. The van der Waals surface area contributed by atoms with Crippen LogP contribution in [0.3, 0.4) is 0 Å². The molecule has 4 rings (SSSR count). The lowest BCUT2D eigenvalue weighted by molar-refractivity contribution is -0.105. The molecule has 33 heavy (non-hydrogen) atoms. The fourth-order valence-corrected chi connectivity index (χ4v) is 4.50. The lowest BCUT2D eigenvalue weighted by atomic mass is 9.75. The molecule has 0 aliphatic carbocycles. The van der Waals surface area contributed by atoms with Crippen molar-refractivity contribution in [3.63, 3.8) is 0 Å². The third kappa shape index (κ3) is 5.31. The SMILES string of the molecule is CCCCc1cccc(-c2cc(C)cc(B3OC(C)(C)C(C)(C)O3)c2OC2CCCCO2)c1. The summed E-state index contributed by atoms with van der Waals surface area (Å²) < 4.78 is 25.5. The zero-order chi connectivity index (χ0) is 23.6. The Labute approximate surface area is 200 Å². The van der Waals surface area contributed by atoms with Crippen molar-refractivity contribution in [3.05, 3.63) is 47.5 Å². The summed E-state index contributed by atoms with van der Waals surface area (Å²) in [5.41, 5.74) is 4.86. The van der Waals surface area contributed by atoms with Crippen LogP contribution in [0.5, 0.6) is 5.75 Å². The first-order valence-electron chi connectivity index (χ1n) is 12.6. The van der Waals surface area contributed by atoms with Gasteiger partial charge >= 0.3 is 7.12 Å². The van der Waals surface area contributed by atoms with Crippen molar-refractivity contribution in [1.82, 2.24) is 0 Å². The Balaban J connectivity index is 1.79. The number of hydrogen-bond acceptors (Lipinski definition) is 4. The van der Waals surface area contributed by atoms with Gasteiger partial charge in [0, 0.05) is 17.4 Å². The highest BCUT2D eigenvalue weighted by molar-refractivity contribution is 6.63. The molecule has 5 heteroatoms. The second-order valence-electron chi connectivity index (χ2n) is 10.5. The Kier molecular flexibility index (Phi) is 7.23. The van der Waals surface area contributed by atoms with Gasteiger partial charge < -0.3 is 18.8 Å². The van der Waals surface area contributed by atoms with Gasteiger partial charge in [-0.05, 0) is 77.5 Å². The smallest absolute Gasteiger partial charge is 0.465 e. The molecule has 2 fully saturated rings. The molecule has 4 nitrogen and oxygen atoms in total. The van der Waals surface area contributed by atoms with Gasteiger partial charge in [0.2, 0.25) is 0 Å². The minimum atomic E-state index is -0.490. The molecule has 0 amide bonds. The van der Waals surface area contributed by atoms with Crippen molar-refractivity contribution in [1.29, 1.82) is 0 Å². The molecule has 0 N–H and O–H groups in total. The average Bonchev–Trinajstić information content (AvgIpc) is 3.01. The van der Waals surface area contributed by atoms with Gasteiger partial charge in [-0.15, -0.1) is 0 Å². The van der Waals surface area contributed by atoms with Gasteiger partial charge in [-0.1, -0.05) is 49.2 Å². The van der Waals surface area contributed by atoms with E-state index in [-0.39, 0.29) is 6.29 Å². The quantitative estimate of drug-likeness (QED) is 0.470. The van der Waals surface area contributed by atoms with Crippen molar-refractivity contribution < 1.29 is 18.8 Å². The minimum Gasteiger partial charge on any atom is -0.465 e. The van der Waals surface area contributed by atoms with E-state index < -0.39 is 18.3 Å².